The molecule has 0 bridgehead atoms. The second-order valence-electron chi connectivity index (χ2n) is 6.28. The van der Waals surface area contributed by atoms with Crippen molar-refractivity contribution in [2.75, 3.05) is 20.1 Å². The molecule has 3 rings (SSSR count). The van der Waals surface area contributed by atoms with E-state index in [9.17, 15) is 4.79 Å². The molecular formula is C18H23ClN4O. The Balaban J connectivity index is 1.85. The molecule has 128 valence electrons. The van der Waals surface area contributed by atoms with Gasteiger partial charge < -0.3 is 10.6 Å². The number of aromatic nitrogens is 2. The summed E-state index contributed by atoms with van der Waals surface area (Å²) in [4.78, 5) is 12.5. The first-order chi connectivity index (χ1) is 11.6. The number of nitrogens with one attached hydrogen (secondary N) is 2. The van der Waals surface area contributed by atoms with Gasteiger partial charge in [0, 0.05) is 17.5 Å². The fourth-order valence-electron chi connectivity index (χ4n) is 2.76. The number of hydrogen-bond donors (Lipinski definition) is 2. The second kappa shape index (κ2) is 7.36. The van der Waals surface area contributed by atoms with Gasteiger partial charge in [0.05, 0.1) is 23.1 Å². The van der Waals surface area contributed by atoms with E-state index in [1.54, 1.807) is 6.20 Å². The molecule has 1 fully saturated rings. The number of halogens is 1. The Kier molecular flexibility index (Phi) is 5.21. The quantitative estimate of drug-likeness (QED) is 0.757. The molecule has 0 aliphatic heterocycles. The number of benzene rings is 1. The van der Waals surface area contributed by atoms with Gasteiger partial charge in [-0.25, -0.2) is 4.68 Å². The average Bonchev–Trinajstić information content (AvgIpc) is 3.32. The van der Waals surface area contributed by atoms with Gasteiger partial charge in [-0.05, 0) is 57.5 Å². The Morgan fingerprint density at radius 1 is 1.38 bits per heavy atom. The van der Waals surface area contributed by atoms with Gasteiger partial charge in [0.25, 0.3) is 5.91 Å². The topological polar surface area (TPSA) is 58.9 Å². The molecule has 5 nitrogen and oxygen atoms in total. The van der Waals surface area contributed by atoms with Crippen LogP contribution < -0.4 is 10.6 Å². The summed E-state index contributed by atoms with van der Waals surface area (Å²) >= 11 is 6.25. The van der Waals surface area contributed by atoms with Crippen LogP contribution in [0.3, 0.4) is 0 Å². The normalized spacial score (nSPS) is 14.0. The summed E-state index contributed by atoms with van der Waals surface area (Å²) in [6.45, 7) is 3.52. The van der Waals surface area contributed by atoms with Crippen molar-refractivity contribution in [3.8, 4) is 5.69 Å². The molecule has 1 aliphatic rings. The van der Waals surface area contributed by atoms with Gasteiger partial charge in [-0.15, -0.1) is 0 Å². The van der Waals surface area contributed by atoms with E-state index in [4.69, 9.17) is 11.6 Å². The van der Waals surface area contributed by atoms with Crippen molar-refractivity contribution in [1.29, 1.82) is 0 Å². The van der Waals surface area contributed by atoms with Gasteiger partial charge in [0.2, 0.25) is 0 Å². The van der Waals surface area contributed by atoms with E-state index in [2.05, 4.69) is 15.7 Å². The maximum atomic E-state index is 12.5. The van der Waals surface area contributed by atoms with E-state index in [0.717, 1.165) is 42.8 Å². The fourth-order valence-corrected chi connectivity index (χ4v) is 2.94. The Morgan fingerprint density at radius 2 is 2.17 bits per heavy atom. The Hall–Kier alpha value is -1.85. The predicted molar refractivity (Wildman–Crippen MR) is 96.2 cm³/mol. The van der Waals surface area contributed by atoms with Gasteiger partial charge >= 0.3 is 0 Å². The zero-order valence-corrected chi connectivity index (χ0v) is 14.9. The van der Waals surface area contributed by atoms with Gasteiger partial charge in [0.1, 0.15) is 0 Å². The van der Waals surface area contributed by atoms with Crippen molar-refractivity contribution in [2.24, 2.45) is 0 Å². The van der Waals surface area contributed by atoms with Crippen LogP contribution in [0.15, 0.2) is 24.4 Å². The molecule has 1 saturated carbocycles. The monoisotopic (exact) mass is 346 g/mol. The molecule has 1 aliphatic carbocycles. The second-order valence-corrected chi connectivity index (χ2v) is 6.68. The van der Waals surface area contributed by atoms with Crippen molar-refractivity contribution in [3.05, 3.63) is 46.2 Å². The smallest absolute Gasteiger partial charge is 0.254 e. The van der Waals surface area contributed by atoms with Gasteiger partial charge in [-0.2, -0.15) is 5.10 Å². The maximum absolute atomic E-state index is 12.5. The molecule has 0 atom stereocenters. The first-order valence-corrected chi connectivity index (χ1v) is 8.77. The van der Waals surface area contributed by atoms with Crippen molar-refractivity contribution in [3.63, 3.8) is 0 Å². The molecule has 0 unspecified atom stereocenters. The maximum Gasteiger partial charge on any atom is 0.254 e. The number of rotatable bonds is 7. The summed E-state index contributed by atoms with van der Waals surface area (Å²) in [6, 6.07) is 5.88. The SMILES string of the molecule is CNCCCNC(=O)c1cnn(-c2ccc(C)c(Cl)c2)c1C1CC1. The lowest BCUT2D eigenvalue weighted by Crippen LogP contribution is -2.27. The van der Waals surface area contributed by atoms with Crippen molar-refractivity contribution in [1.82, 2.24) is 20.4 Å². The van der Waals surface area contributed by atoms with Crippen molar-refractivity contribution < 1.29 is 4.79 Å². The molecule has 0 saturated heterocycles. The predicted octanol–water partition coefficient (Wildman–Crippen LogP) is 3.05. The minimum atomic E-state index is -0.0440. The third-order valence-electron chi connectivity index (χ3n) is 4.30. The molecule has 24 heavy (non-hydrogen) atoms. The molecule has 1 heterocycles. The molecule has 2 aromatic rings. The number of carbonyl (C=O) groups excluding carboxylic acids is 1. The van der Waals surface area contributed by atoms with Gasteiger partial charge in [-0.1, -0.05) is 17.7 Å². The molecule has 0 radical (unpaired) electrons. The molecule has 0 spiro atoms. The van der Waals surface area contributed by atoms with Crippen molar-refractivity contribution in [2.45, 2.75) is 32.1 Å². The molecule has 1 aromatic heterocycles. The standard InChI is InChI=1S/C18H23ClN4O/c1-12-4-7-14(10-16(12)19)23-17(13-5-6-13)15(11-22-23)18(24)21-9-3-8-20-2/h4,7,10-11,13,20H,3,5-6,8-9H2,1-2H3,(H,21,24). The van der Waals surface area contributed by atoms with E-state index in [1.807, 2.05) is 36.9 Å². The summed E-state index contributed by atoms with van der Waals surface area (Å²) in [5, 5.41) is 11.2. The molecule has 1 amide bonds. The molecule has 6 heteroatoms. The van der Waals surface area contributed by atoms with Crippen LogP contribution in [0, 0.1) is 6.92 Å². The number of amides is 1. The zero-order chi connectivity index (χ0) is 17.1. The highest BCUT2D eigenvalue weighted by molar-refractivity contribution is 6.31. The third kappa shape index (κ3) is 3.62. The molecule has 1 aromatic carbocycles. The highest BCUT2D eigenvalue weighted by Crippen LogP contribution is 2.42. The van der Waals surface area contributed by atoms with Gasteiger partial charge in [0.15, 0.2) is 0 Å². The van der Waals surface area contributed by atoms with Crippen LogP contribution in [-0.2, 0) is 0 Å². The van der Waals surface area contributed by atoms with E-state index in [-0.39, 0.29) is 5.91 Å². The van der Waals surface area contributed by atoms with E-state index < -0.39 is 0 Å². The van der Waals surface area contributed by atoms with Crippen LogP contribution >= 0.6 is 11.6 Å². The summed E-state index contributed by atoms with van der Waals surface area (Å²) in [6.07, 6.45) is 4.79. The largest absolute Gasteiger partial charge is 0.352 e. The third-order valence-corrected chi connectivity index (χ3v) is 4.71. The van der Waals surface area contributed by atoms with E-state index >= 15 is 0 Å². The van der Waals surface area contributed by atoms with Crippen LogP contribution in [0.4, 0.5) is 0 Å². The average molecular weight is 347 g/mol. The Bertz CT molecular complexity index is 737. The fraction of sp³-hybridized carbons (Fsp3) is 0.444. The van der Waals surface area contributed by atoms with Crippen LogP contribution in [-0.4, -0.2) is 35.8 Å². The summed E-state index contributed by atoms with van der Waals surface area (Å²) < 4.78 is 1.87. The van der Waals surface area contributed by atoms with E-state index in [0.29, 0.717) is 23.0 Å². The minimum absolute atomic E-state index is 0.0440. The number of carbonyl (C=O) groups is 1. The number of aryl methyl sites for hydroxylation is 1. The number of nitrogens with zero attached hydrogens (tertiary/aromatic N) is 2. The van der Waals surface area contributed by atoms with Crippen LogP contribution in [0.5, 0.6) is 0 Å². The first-order valence-electron chi connectivity index (χ1n) is 8.39. The number of hydrogen-bond acceptors (Lipinski definition) is 3. The van der Waals surface area contributed by atoms with Crippen LogP contribution in [0.25, 0.3) is 5.69 Å². The lowest BCUT2D eigenvalue weighted by molar-refractivity contribution is 0.0952. The molecular weight excluding hydrogens is 324 g/mol. The summed E-state index contributed by atoms with van der Waals surface area (Å²) in [5.74, 6) is 0.364. The lowest BCUT2D eigenvalue weighted by atomic mass is 10.1. The highest BCUT2D eigenvalue weighted by Gasteiger charge is 2.32. The summed E-state index contributed by atoms with van der Waals surface area (Å²) in [5.41, 5.74) is 3.62. The van der Waals surface area contributed by atoms with Crippen LogP contribution in [0.2, 0.25) is 5.02 Å². The minimum Gasteiger partial charge on any atom is -0.352 e. The Morgan fingerprint density at radius 3 is 2.83 bits per heavy atom. The zero-order valence-electron chi connectivity index (χ0n) is 14.1. The van der Waals surface area contributed by atoms with Crippen LogP contribution in [0.1, 0.15) is 46.8 Å². The van der Waals surface area contributed by atoms with Gasteiger partial charge in [-0.3, -0.25) is 4.79 Å². The first kappa shape index (κ1) is 17.0. The van der Waals surface area contributed by atoms with Crippen molar-refractivity contribution >= 4 is 17.5 Å². The summed E-state index contributed by atoms with van der Waals surface area (Å²) in [7, 11) is 1.91. The highest BCUT2D eigenvalue weighted by atomic mass is 35.5. The lowest BCUT2D eigenvalue weighted by Gasteiger charge is -2.10. The molecule has 2 N–H and O–H groups in total. The Labute approximate surface area is 147 Å². The van der Waals surface area contributed by atoms with E-state index in [1.165, 1.54) is 0 Å².